The third kappa shape index (κ3) is 4.80. The second-order valence-electron chi connectivity index (χ2n) is 6.01. The Morgan fingerprint density at radius 3 is 2.35 bits per heavy atom. The molecule has 130 valence electrons. The molecular weight excluding hydrogens is 322 g/mol. The zero-order valence-electron chi connectivity index (χ0n) is 13.9. The maximum atomic E-state index is 12.4. The molecule has 1 amide bonds. The maximum absolute atomic E-state index is 12.4. The van der Waals surface area contributed by atoms with Crippen molar-refractivity contribution in [1.29, 1.82) is 0 Å². The Morgan fingerprint density at radius 2 is 1.91 bits per heavy atom. The molecule has 1 aromatic heterocycles. The van der Waals surface area contributed by atoms with Crippen LogP contribution in [-0.2, 0) is 21.9 Å². The van der Waals surface area contributed by atoms with Gasteiger partial charge in [0.1, 0.15) is 16.6 Å². The summed E-state index contributed by atoms with van der Waals surface area (Å²) >= 11 is 0. The fraction of sp³-hybridized carbons (Fsp3) is 0.571. The van der Waals surface area contributed by atoms with Crippen LogP contribution >= 0.6 is 0 Å². The van der Waals surface area contributed by atoms with E-state index in [1.165, 1.54) is 21.7 Å². The Morgan fingerprint density at radius 1 is 1.35 bits per heavy atom. The summed E-state index contributed by atoms with van der Waals surface area (Å²) in [6.45, 7) is 3.61. The fourth-order valence-corrected chi connectivity index (χ4v) is 3.32. The van der Waals surface area contributed by atoms with Crippen LogP contribution in [0.2, 0.25) is 0 Å². The monoisotopic (exact) mass is 345 g/mol. The van der Waals surface area contributed by atoms with Crippen LogP contribution in [0.4, 0.5) is 0 Å². The third-order valence-corrected chi connectivity index (χ3v) is 4.66. The second kappa shape index (κ2) is 7.14. The molecule has 0 unspecified atom stereocenters. The number of carboxylic acids is 1. The molecule has 0 spiro atoms. The minimum atomic E-state index is -4.03. The van der Waals surface area contributed by atoms with Gasteiger partial charge < -0.3 is 14.6 Å². The topological polar surface area (TPSA) is 109 Å². The Balaban J connectivity index is 3.11. The highest BCUT2D eigenvalue weighted by molar-refractivity contribution is 7.89. The predicted octanol–water partition coefficient (Wildman–Crippen LogP) is 0.505. The molecule has 0 saturated heterocycles. The Kier molecular flexibility index (Phi) is 5.95. The van der Waals surface area contributed by atoms with Gasteiger partial charge in [0.15, 0.2) is 0 Å². The summed E-state index contributed by atoms with van der Waals surface area (Å²) in [6.07, 6.45) is 1.46. The predicted molar refractivity (Wildman–Crippen MR) is 84.6 cm³/mol. The maximum Gasteiger partial charge on any atom is 0.321 e. The zero-order valence-corrected chi connectivity index (χ0v) is 14.7. The van der Waals surface area contributed by atoms with E-state index in [9.17, 15) is 18.0 Å². The number of nitrogens with one attached hydrogen (secondary N) is 1. The van der Waals surface area contributed by atoms with Crippen molar-refractivity contribution < 1.29 is 23.1 Å². The van der Waals surface area contributed by atoms with Gasteiger partial charge in [-0.1, -0.05) is 13.8 Å². The molecule has 1 heterocycles. The lowest BCUT2D eigenvalue weighted by molar-refractivity contribution is -0.139. The highest BCUT2D eigenvalue weighted by Gasteiger charge is 2.28. The molecule has 0 aliphatic heterocycles. The molecule has 0 fully saturated rings. The molecule has 2 N–H and O–H groups in total. The highest BCUT2D eigenvalue weighted by atomic mass is 32.2. The minimum absolute atomic E-state index is 0.0143. The van der Waals surface area contributed by atoms with E-state index < -0.39 is 22.0 Å². The van der Waals surface area contributed by atoms with Crippen LogP contribution in [0.5, 0.6) is 0 Å². The lowest BCUT2D eigenvalue weighted by Gasteiger charge is -2.16. The third-order valence-electron chi connectivity index (χ3n) is 3.22. The Labute approximate surface area is 136 Å². The SMILES string of the molecule is CC(C)C[C@@H](NS(=O)(=O)c1cc(C(=O)N(C)C)n(C)c1)C(=O)O. The summed E-state index contributed by atoms with van der Waals surface area (Å²) in [4.78, 5) is 24.4. The number of rotatable bonds is 7. The van der Waals surface area contributed by atoms with E-state index in [0.29, 0.717) is 0 Å². The van der Waals surface area contributed by atoms with Crippen molar-refractivity contribution in [1.82, 2.24) is 14.2 Å². The average Bonchev–Trinajstić information content (AvgIpc) is 2.78. The molecule has 9 heteroatoms. The summed E-state index contributed by atoms with van der Waals surface area (Å²) in [5, 5.41) is 9.16. The number of carbonyl (C=O) groups is 2. The summed E-state index contributed by atoms with van der Waals surface area (Å²) in [5.74, 6) is -1.56. The Bertz CT molecular complexity index is 691. The molecule has 0 aliphatic carbocycles. The van der Waals surface area contributed by atoms with Gasteiger partial charge in [-0.15, -0.1) is 0 Å². The van der Waals surface area contributed by atoms with Crippen LogP contribution in [0, 0.1) is 5.92 Å². The highest BCUT2D eigenvalue weighted by Crippen LogP contribution is 2.16. The molecular formula is C14H23N3O5S. The molecule has 23 heavy (non-hydrogen) atoms. The molecule has 0 radical (unpaired) electrons. The summed E-state index contributed by atoms with van der Waals surface area (Å²) < 4.78 is 28.3. The number of sulfonamides is 1. The van der Waals surface area contributed by atoms with Crippen LogP contribution < -0.4 is 4.72 Å². The molecule has 0 bridgehead atoms. The normalized spacial score (nSPS) is 13.1. The van der Waals surface area contributed by atoms with Crippen molar-refractivity contribution in [3.05, 3.63) is 18.0 Å². The number of carbonyl (C=O) groups excluding carboxylic acids is 1. The van der Waals surface area contributed by atoms with E-state index in [1.54, 1.807) is 35.0 Å². The van der Waals surface area contributed by atoms with E-state index in [1.807, 2.05) is 0 Å². The van der Waals surface area contributed by atoms with Gasteiger partial charge in [-0.05, 0) is 18.4 Å². The molecule has 0 aromatic carbocycles. The number of amides is 1. The van der Waals surface area contributed by atoms with E-state index in [4.69, 9.17) is 5.11 Å². The second-order valence-corrected chi connectivity index (χ2v) is 7.73. The summed E-state index contributed by atoms with van der Waals surface area (Å²) in [5.41, 5.74) is 0.200. The number of hydrogen-bond acceptors (Lipinski definition) is 4. The first kappa shape index (κ1) is 19.2. The van der Waals surface area contributed by atoms with Gasteiger partial charge in [-0.25, -0.2) is 8.42 Å². The van der Waals surface area contributed by atoms with Crippen molar-refractivity contribution in [2.75, 3.05) is 14.1 Å². The quantitative estimate of drug-likeness (QED) is 0.748. The fourth-order valence-electron chi connectivity index (χ4n) is 2.05. The van der Waals surface area contributed by atoms with Gasteiger partial charge in [0, 0.05) is 27.3 Å². The number of nitrogens with zero attached hydrogens (tertiary/aromatic N) is 2. The average molecular weight is 345 g/mol. The van der Waals surface area contributed by atoms with E-state index >= 15 is 0 Å². The smallest absolute Gasteiger partial charge is 0.321 e. The van der Waals surface area contributed by atoms with Crippen molar-refractivity contribution in [2.24, 2.45) is 13.0 Å². The van der Waals surface area contributed by atoms with Crippen LogP contribution in [-0.4, -0.2) is 55.0 Å². The number of aliphatic carboxylic acids is 1. The van der Waals surface area contributed by atoms with Crippen LogP contribution in [0.1, 0.15) is 30.8 Å². The molecule has 1 rings (SSSR count). The van der Waals surface area contributed by atoms with Gasteiger partial charge in [-0.3, -0.25) is 9.59 Å². The zero-order chi connectivity index (χ0) is 17.9. The van der Waals surface area contributed by atoms with Gasteiger partial charge in [-0.2, -0.15) is 4.72 Å². The van der Waals surface area contributed by atoms with Crippen LogP contribution in [0.3, 0.4) is 0 Å². The summed E-state index contributed by atoms with van der Waals surface area (Å²) in [6, 6.07) is 0.0204. The first-order chi connectivity index (χ1) is 10.5. The van der Waals surface area contributed by atoms with Crippen molar-refractivity contribution in [3.8, 4) is 0 Å². The molecule has 0 aliphatic rings. The summed E-state index contributed by atoms with van der Waals surface area (Å²) in [7, 11) is 0.641. The minimum Gasteiger partial charge on any atom is -0.480 e. The first-order valence-electron chi connectivity index (χ1n) is 7.09. The number of aromatic nitrogens is 1. The van der Waals surface area contributed by atoms with E-state index in [-0.39, 0.29) is 28.8 Å². The lowest BCUT2D eigenvalue weighted by Crippen LogP contribution is -2.41. The molecule has 0 saturated carbocycles. The van der Waals surface area contributed by atoms with Crippen molar-refractivity contribution in [2.45, 2.75) is 31.2 Å². The van der Waals surface area contributed by atoms with Gasteiger partial charge >= 0.3 is 5.97 Å². The number of hydrogen-bond donors (Lipinski definition) is 2. The van der Waals surface area contributed by atoms with Gasteiger partial charge in [0.2, 0.25) is 10.0 Å². The largest absolute Gasteiger partial charge is 0.480 e. The number of aryl methyl sites for hydroxylation is 1. The molecule has 1 atom stereocenters. The lowest BCUT2D eigenvalue weighted by atomic mass is 10.1. The Hall–Kier alpha value is -1.87. The standard InChI is InChI=1S/C14H23N3O5S/c1-9(2)6-11(14(19)20)15-23(21,22)10-7-12(17(5)8-10)13(18)16(3)4/h7-9,11,15H,6H2,1-5H3,(H,19,20)/t11-/m1/s1. The van der Waals surface area contributed by atoms with Crippen LogP contribution in [0.25, 0.3) is 0 Å². The number of carboxylic acid groups (broad SMARTS) is 1. The van der Waals surface area contributed by atoms with Crippen molar-refractivity contribution >= 4 is 21.9 Å². The molecule has 8 nitrogen and oxygen atoms in total. The first-order valence-corrected chi connectivity index (χ1v) is 8.57. The van der Waals surface area contributed by atoms with Gasteiger partial charge in [0.25, 0.3) is 5.91 Å². The van der Waals surface area contributed by atoms with E-state index in [2.05, 4.69) is 4.72 Å². The molecule has 1 aromatic rings. The van der Waals surface area contributed by atoms with Crippen molar-refractivity contribution in [3.63, 3.8) is 0 Å². The van der Waals surface area contributed by atoms with Gasteiger partial charge in [0.05, 0.1) is 0 Å². The van der Waals surface area contributed by atoms with Crippen LogP contribution in [0.15, 0.2) is 17.2 Å². The van der Waals surface area contributed by atoms with E-state index in [0.717, 1.165) is 0 Å².